The molecule has 0 bridgehead atoms. The lowest BCUT2D eigenvalue weighted by atomic mass is 10.1. The molecule has 0 saturated carbocycles. The summed E-state index contributed by atoms with van der Waals surface area (Å²) in [6.45, 7) is 5.64. The lowest BCUT2D eigenvalue weighted by Gasteiger charge is -1.99. The van der Waals surface area contributed by atoms with Crippen LogP contribution in [-0.2, 0) is 4.79 Å². The van der Waals surface area contributed by atoms with E-state index >= 15 is 0 Å². The van der Waals surface area contributed by atoms with Gasteiger partial charge in [0.15, 0.2) is 0 Å². The van der Waals surface area contributed by atoms with Crippen molar-refractivity contribution < 1.29 is 9.90 Å². The van der Waals surface area contributed by atoms with E-state index in [4.69, 9.17) is 5.11 Å². The first kappa shape index (κ1) is 11.4. The van der Waals surface area contributed by atoms with Gasteiger partial charge in [0.25, 0.3) is 0 Å². The van der Waals surface area contributed by atoms with Crippen LogP contribution in [0.5, 0.6) is 0 Å². The van der Waals surface area contributed by atoms with Gasteiger partial charge in [0.05, 0.1) is 5.57 Å². The number of aliphatic carboxylic acids is 1. The van der Waals surface area contributed by atoms with Crippen molar-refractivity contribution in [3.05, 3.63) is 21.7 Å². The summed E-state index contributed by atoms with van der Waals surface area (Å²) < 4.78 is 0.655. The van der Waals surface area contributed by atoms with E-state index in [1.165, 1.54) is 0 Å². The molecule has 0 rings (SSSR count). The molecule has 0 aliphatic rings. The Morgan fingerprint density at radius 3 is 2.25 bits per heavy atom. The minimum atomic E-state index is -0.892. The zero-order valence-electron chi connectivity index (χ0n) is 7.52. The molecule has 0 saturated heterocycles. The molecule has 0 spiro atoms. The van der Waals surface area contributed by atoms with E-state index in [9.17, 15) is 4.79 Å². The van der Waals surface area contributed by atoms with Gasteiger partial charge in [-0.1, -0.05) is 28.4 Å². The fraction of sp³-hybridized carbons (Fsp3) is 0.444. The summed E-state index contributed by atoms with van der Waals surface area (Å²) in [5.74, 6) is -0.892. The van der Waals surface area contributed by atoms with E-state index < -0.39 is 5.97 Å². The predicted molar refractivity (Wildman–Crippen MR) is 53.3 cm³/mol. The Hall–Kier alpha value is -0.570. The molecule has 0 aromatic carbocycles. The average molecular weight is 233 g/mol. The van der Waals surface area contributed by atoms with Crippen molar-refractivity contribution in [1.29, 1.82) is 0 Å². The summed E-state index contributed by atoms with van der Waals surface area (Å²) in [5.41, 5.74) is 1.39. The molecule has 0 unspecified atom stereocenters. The number of carboxylic acid groups (broad SMARTS) is 1. The van der Waals surface area contributed by atoms with Gasteiger partial charge in [0.1, 0.15) is 0 Å². The number of hydrogen-bond acceptors (Lipinski definition) is 1. The summed E-state index contributed by atoms with van der Waals surface area (Å²) in [4.78, 5) is 10.7. The highest BCUT2D eigenvalue weighted by molar-refractivity contribution is 9.11. The third kappa shape index (κ3) is 3.72. The maximum absolute atomic E-state index is 10.7. The van der Waals surface area contributed by atoms with E-state index in [-0.39, 0.29) is 0 Å². The molecular formula is C9H13BrO2. The molecule has 3 heteroatoms. The van der Waals surface area contributed by atoms with Crippen LogP contribution in [0.25, 0.3) is 0 Å². The van der Waals surface area contributed by atoms with Crippen molar-refractivity contribution in [3.63, 3.8) is 0 Å². The van der Waals surface area contributed by atoms with Crippen molar-refractivity contribution in [2.45, 2.75) is 27.2 Å². The molecule has 0 aliphatic carbocycles. The Kier molecular flexibility index (Phi) is 4.90. The predicted octanol–water partition coefficient (Wildman–Crippen LogP) is 3.10. The van der Waals surface area contributed by atoms with Crippen molar-refractivity contribution in [1.82, 2.24) is 0 Å². The van der Waals surface area contributed by atoms with Crippen LogP contribution in [0.1, 0.15) is 27.2 Å². The molecule has 12 heavy (non-hydrogen) atoms. The van der Waals surface area contributed by atoms with Gasteiger partial charge in [-0.05, 0) is 26.3 Å². The first-order chi connectivity index (χ1) is 5.49. The van der Waals surface area contributed by atoms with E-state index in [2.05, 4.69) is 15.9 Å². The monoisotopic (exact) mass is 232 g/mol. The van der Waals surface area contributed by atoms with E-state index in [0.717, 1.165) is 12.0 Å². The molecule has 0 atom stereocenters. The minimum absolute atomic E-state index is 0.328. The fourth-order valence-electron chi connectivity index (χ4n) is 0.657. The lowest BCUT2D eigenvalue weighted by Crippen LogP contribution is -1.99. The van der Waals surface area contributed by atoms with Gasteiger partial charge in [0, 0.05) is 4.48 Å². The average Bonchev–Trinajstić information content (AvgIpc) is 1.98. The van der Waals surface area contributed by atoms with Gasteiger partial charge in [-0.3, -0.25) is 0 Å². The number of carbonyl (C=O) groups is 1. The quantitative estimate of drug-likeness (QED) is 0.600. The number of rotatable bonds is 3. The zero-order chi connectivity index (χ0) is 9.72. The standard InChI is InChI=1S/C9H13BrO2/c1-4-6(2)5-8(7(3)10)9(11)12/h5H,4H2,1-3H3,(H,11,12)/b6-5+,8-7-. The molecule has 68 valence electrons. The molecular weight excluding hydrogens is 220 g/mol. The van der Waals surface area contributed by atoms with Crippen molar-refractivity contribution >= 4 is 21.9 Å². The number of allylic oxidation sites excluding steroid dienone is 2. The van der Waals surface area contributed by atoms with E-state index in [1.54, 1.807) is 13.0 Å². The summed E-state index contributed by atoms with van der Waals surface area (Å²) in [6, 6.07) is 0. The second-order valence-electron chi connectivity index (χ2n) is 2.60. The molecule has 0 aromatic rings. The Bertz CT molecular complexity index is 235. The summed E-state index contributed by atoms with van der Waals surface area (Å²) >= 11 is 3.15. The van der Waals surface area contributed by atoms with Gasteiger partial charge >= 0.3 is 5.97 Å². The Balaban J connectivity index is 4.82. The van der Waals surface area contributed by atoms with E-state index in [1.807, 2.05) is 13.8 Å². The second kappa shape index (κ2) is 5.14. The van der Waals surface area contributed by atoms with Crippen molar-refractivity contribution in [3.8, 4) is 0 Å². The molecule has 0 amide bonds. The van der Waals surface area contributed by atoms with Crippen molar-refractivity contribution in [2.75, 3.05) is 0 Å². The first-order valence-electron chi connectivity index (χ1n) is 3.75. The van der Waals surface area contributed by atoms with E-state index in [0.29, 0.717) is 10.1 Å². The molecule has 1 N–H and O–H groups in total. The molecule has 0 aromatic heterocycles. The number of carboxylic acids is 1. The van der Waals surface area contributed by atoms with Crippen LogP contribution in [0.15, 0.2) is 21.7 Å². The van der Waals surface area contributed by atoms with Crippen molar-refractivity contribution in [2.24, 2.45) is 0 Å². The highest BCUT2D eigenvalue weighted by Crippen LogP contribution is 2.15. The minimum Gasteiger partial charge on any atom is -0.478 e. The van der Waals surface area contributed by atoms with Crippen LogP contribution in [0.2, 0.25) is 0 Å². The van der Waals surface area contributed by atoms with Gasteiger partial charge in [-0.2, -0.15) is 0 Å². The summed E-state index contributed by atoms with van der Waals surface area (Å²) in [6.07, 6.45) is 2.56. The molecule has 0 heterocycles. The Morgan fingerprint density at radius 2 is 2.00 bits per heavy atom. The van der Waals surface area contributed by atoms with Crippen LogP contribution in [0.3, 0.4) is 0 Å². The number of halogens is 1. The van der Waals surface area contributed by atoms with Crippen LogP contribution in [0.4, 0.5) is 0 Å². The van der Waals surface area contributed by atoms with Gasteiger partial charge in [-0.15, -0.1) is 0 Å². The second-order valence-corrected chi connectivity index (χ2v) is 3.79. The molecule has 0 aliphatic heterocycles. The fourth-order valence-corrected chi connectivity index (χ4v) is 0.941. The summed E-state index contributed by atoms with van der Waals surface area (Å²) in [7, 11) is 0. The summed E-state index contributed by atoms with van der Waals surface area (Å²) in [5, 5.41) is 8.76. The molecule has 2 nitrogen and oxygen atoms in total. The topological polar surface area (TPSA) is 37.3 Å². The van der Waals surface area contributed by atoms with Crippen LogP contribution in [0, 0.1) is 0 Å². The first-order valence-corrected chi connectivity index (χ1v) is 4.55. The van der Waals surface area contributed by atoms with Crippen LogP contribution in [-0.4, -0.2) is 11.1 Å². The maximum atomic E-state index is 10.7. The zero-order valence-corrected chi connectivity index (χ0v) is 9.10. The SMILES string of the molecule is CC/C(C)=C/C(C(=O)O)=C(\C)Br. The van der Waals surface area contributed by atoms with Gasteiger partial charge in [-0.25, -0.2) is 4.79 Å². The Labute approximate surface area is 81.1 Å². The lowest BCUT2D eigenvalue weighted by molar-refractivity contribution is -0.132. The third-order valence-corrected chi connectivity index (χ3v) is 1.98. The highest BCUT2D eigenvalue weighted by atomic mass is 79.9. The maximum Gasteiger partial charge on any atom is 0.336 e. The Morgan fingerprint density at radius 1 is 1.50 bits per heavy atom. The highest BCUT2D eigenvalue weighted by Gasteiger charge is 2.06. The van der Waals surface area contributed by atoms with Gasteiger partial charge < -0.3 is 5.11 Å². The molecule has 0 fully saturated rings. The van der Waals surface area contributed by atoms with Crippen LogP contribution >= 0.6 is 15.9 Å². The van der Waals surface area contributed by atoms with Gasteiger partial charge in [0.2, 0.25) is 0 Å². The smallest absolute Gasteiger partial charge is 0.336 e. The largest absolute Gasteiger partial charge is 0.478 e. The van der Waals surface area contributed by atoms with Crippen LogP contribution < -0.4 is 0 Å². The third-order valence-electron chi connectivity index (χ3n) is 1.55. The molecule has 0 radical (unpaired) electrons. The normalized spacial score (nSPS) is 14.2. The number of hydrogen-bond donors (Lipinski definition) is 1.